The largest absolute Gasteiger partial charge is 0.478 e. The molecule has 0 unspecified atom stereocenters. The molecule has 0 heterocycles. The van der Waals surface area contributed by atoms with E-state index in [0.29, 0.717) is 6.54 Å². The molecule has 0 bridgehead atoms. The van der Waals surface area contributed by atoms with Crippen LogP contribution in [-0.2, 0) is 10.0 Å². The van der Waals surface area contributed by atoms with Crippen LogP contribution in [0.1, 0.15) is 37.0 Å². The van der Waals surface area contributed by atoms with Crippen molar-refractivity contribution in [2.24, 2.45) is 0 Å². The number of hydrogen-bond donors (Lipinski definition) is 2. The summed E-state index contributed by atoms with van der Waals surface area (Å²) in [4.78, 5) is 10.9. The second-order valence-electron chi connectivity index (χ2n) is 4.41. The highest BCUT2D eigenvalue weighted by molar-refractivity contribution is 7.89. The molecule has 0 saturated heterocycles. The lowest BCUT2D eigenvalue weighted by molar-refractivity contribution is 0.0692. The van der Waals surface area contributed by atoms with E-state index < -0.39 is 16.0 Å². The van der Waals surface area contributed by atoms with Crippen molar-refractivity contribution in [1.82, 2.24) is 4.31 Å². The number of sulfonamides is 1. The van der Waals surface area contributed by atoms with Crippen molar-refractivity contribution in [1.29, 1.82) is 0 Å². The molecule has 6 nitrogen and oxygen atoms in total. The summed E-state index contributed by atoms with van der Waals surface area (Å²) < 4.78 is 26.4. The maximum atomic E-state index is 12.6. The van der Waals surface area contributed by atoms with Crippen LogP contribution in [0.2, 0.25) is 0 Å². The first-order chi connectivity index (χ1) is 9.34. The average Bonchev–Trinajstić information content (AvgIpc) is 2.38. The van der Waals surface area contributed by atoms with Crippen LogP contribution in [0.5, 0.6) is 0 Å². The maximum Gasteiger partial charge on any atom is 0.337 e. The number of nitrogens with two attached hydrogens (primary N) is 1. The Bertz CT molecular complexity index is 584. The molecule has 0 amide bonds. The first-order valence-corrected chi connectivity index (χ1v) is 7.91. The molecular weight excluding hydrogens is 280 g/mol. The normalized spacial score (nSPS) is 11.8. The van der Waals surface area contributed by atoms with Gasteiger partial charge < -0.3 is 10.8 Å². The van der Waals surface area contributed by atoms with Crippen LogP contribution in [0.4, 0.5) is 5.69 Å². The second kappa shape index (κ2) is 6.71. The van der Waals surface area contributed by atoms with Gasteiger partial charge in [-0.2, -0.15) is 4.31 Å². The third-order valence-electron chi connectivity index (χ3n) is 2.97. The molecule has 1 rings (SSSR count). The van der Waals surface area contributed by atoms with E-state index in [4.69, 9.17) is 10.8 Å². The number of carboxylic acid groups (broad SMARTS) is 1. The summed E-state index contributed by atoms with van der Waals surface area (Å²) in [5.41, 5.74) is 5.56. The Balaban J connectivity index is 3.32. The summed E-state index contributed by atoms with van der Waals surface area (Å²) in [6.07, 6.45) is 1.58. The molecule has 0 aliphatic carbocycles. The molecule has 0 aliphatic heterocycles. The van der Waals surface area contributed by atoms with E-state index in [9.17, 15) is 13.2 Å². The number of aromatic carboxylic acids is 1. The number of benzene rings is 1. The fourth-order valence-corrected chi connectivity index (χ4v) is 3.56. The molecular formula is C13H20N2O4S. The highest BCUT2D eigenvalue weighted by Crippen LogP contribution is 2.23. The molecule has 0 saturated carbocycles. The molecule has 0 aromatic heterocycles. The van der Waals surface area contributed by atoms with E-state index in [1.54, 1.807) is 6.92 Å². The van der Waals surface area contributed by atoms with Crippen molar-refractivity contribution >= 4 is 21.7 Å². The topological polar surface area (TPSA) is 101 Å². The SMILES string of the molecule is CCCCN(CC)S(=O)(=O)c1cc(N)ccc1C(=O)O. The smallest absolute Gasteiger partial charge is 0.337 e. The van der Waals surface area contributed by atoms with E-state index in [2.05, 4.69) is 0 Å². The predicted molar refractivity (Wildman–Crippen MR) is 77.2 cm³/mol. The Hall–Kier alpha value is -1.60. The molecule has 1 aromatic carbocycles. The molecule has 1 aromatic rings. The zero-order valence-corrected chi connectivity index (χ0v) is 12.5. The van der Waals surface area contributed by atoms with Gasteiger partial charge in [0.2, 0.25) is 10.0 Å². The van der Waals surface area contributed by atoms with Crippen molar-refractivity contribution in [3.63, 3.8) is 0 Å². The van der Waals surface area contributed by atoms with Crippen LogP contribution < -0.4 is 5.73 Å². The molecule has 0 atom stereocenters. The first kappa shape index (κ1) is 16.5. The van der Waals surface area contributed by atoms with Gasteiger partial charge in [-0.25, -0.2) is 13.2 Å². The fraction of sp³-hybridized carbons (Fsp3) is 0.462. The highest BCUT2D eigenvalue weighted by atomic mass is 32.2. The first-order valence-electron chi connectivity index (χ1n) is 6.47. The van der Waals surface area contributed by atoms with Gasteiger partial charge in [-0.1, -0.05) is 20.3 Å². The van der Waals surface area contributed by atoms with Gasteiger partial charge >= 0.3 is 5.97 Å². The number of nitrogens with zero attached hydrogens (tertiary/aromatic N) is 1. The summed E-state index contributed by atoms with van der Waals surface area (Å²) in [5, 5.41) is 9.13. The van der Waals surface area contributed by atoms with Crippen LogP contribution in [0.25, 0.3) is 0 Å². The predicted octanol–water partition coefficient (Wildman–Crippen LogP) is 1.78. The Morgan fingerprint density at radius 1 is 1.35 bits per heavy atom. The van der Waals surface area contributed by atoms with Crippen LogP contribution in [0.15, 0.2) is 23.1 Å². The standard InChI is InChI=1S/C13H20N2O4S/c1-3-5-8-15(4-2)20(18,19)12-9-10(14)6-7-11(12)13(16)17/h6-7,9H,3-5,8,14H2,1-2H3,(H,16,17). The molecule has 0 radical (unpaired) electrons. The summed E-state index contributed by atoms with van der Waals surface area (Å²) in [6.45, 7) is 4.34. The zero-order chi connectivity index (χ0) is 15.3. The third-order valence-corrected chi connectivity index (χ3v) is 4.98. The molecule has 0 aliphatic rings. The van der Waals surface area contributed by atoms with E-state index >= 15 is 0 Å². The van der Waals surface area contributed by atoms with Gasteiger partial charge in [0, 0.05) is 18.8 Å². The number of carboxylic acids is 1. The van der Waals surface area contributed by atoms with Gasteiger partial charge in [0.05, 0.1) is 10.5 Å². The number of carbonyl (C=O) groups is 1. The number of nitrogen functional groups attached to an aromatic ring is 1. The Kier molecular flexibility index (Phi) is 5.52. The lowest BCUT2D eigenvalue weighted by Crippen LogP contribution is -2.33. The van der Waals surface area contributed by atoms with Crippen molar-refractivity contribution < 1.29 is 18.3 Å². The van der Waals surface area contributed by atoms with Crippen molar-refractivity contribution in [2.75, 3.05) is 18.8 Å². The number of anilines is 1. The van der Waals surface area contributed by atoms with Gasteiger partial charge in [0.15, 0.2) is 0 Å². The average molecular weight is 300 g/mol. The minimum absolute atomic E-state index is 0.222. The lowest BCUT2D eigenvalue weighted by Gasteiger charge is -2.21. The lowest BCUT2D eigenvalue weighted by atomic mass is 10.2. The number of rotatable bonds is 7. The van der Waals surface area contributed by atoms with Crippen LogP contribution in [0, 0.1) is 0 Å². The summed E-state index contributed by atoms with van der Waals surface area (Å²) in [7, 11) is -3.85. The van der Waals surface area contributed by atoms with Crippen molar-refractivity contribution in [3.05, 3.63) is 23.8 Å². The zero-order valence-electron chi connectivity index (χ0n) is 11.7. The molecule has 112 valence electrons. The van der Waals surface area contributed by atoms with Crippen molar-refractivity contribution in [2.45, 2.75) is 31.6 Å². The third kappa shape index (κ3) is 3.49. The molecule has 0 spiro atoms. The van der Waals surface area contributed by atoms with Crippen molar-refractivity contribution in [3.8, 4) is 0 Å². The minimum atomic E-state index is -3.85. The second-order valence-corrected chi connectivity index (χ2v) is 6.32. The molecule has 7 heteroatoms. The minimum Gasteiger partial charge on any atom is -0.478 e. The van der Waals surface area contributed by atoms with Gasteiger partial charge in [-0.15, -0.1) is 0 Å². The van der Waals surface area contributed by atoms with E-state index in [0.717, 1.165) is 12.8 Å². The summed E-state index contributed by atoms with van der Waals surface area (Å²) in [5.74, 6) is -1.28. The van der Waals surface area contributed by atoms with Gasteiger partial charge in [-0.05, 0) is 24.6 Å². The summed E-state index contributed by atoms with van der Waals surface area (Å²) in [6, 6.07) is 3.80. The van der Waals surface area contributed by atoms with E-state index in [1.807, 2.05) is 6.92 Å². The monoisotopic (exact) mass is 300 g/mol. The number of unbranched alkanes of at least 4 members (excludes halogenated alkanes) is 1. The van der Waals surface area contributed by atoms with Crippen LogP contribution in [-0.4, -0.2) is 36.9 Å². The fourth-order valence-electron chi connectivity index (χ4n) is 1.85. The molecule has 0 fully saturated rings. The Labute approximate surface area is 119 Å². The molecule has 20 heavy (non-hydrogen) atoms. The van der Waals surface area contributed by atoms with Gasteiger partial charge in [0.1, 0.15) is 0 Å². The maximum absolute atomic E-state index is 12.6. The quantitative estimate of drug-likeness (QED) is 0.747. The number of hydrogen-bond acceptors (Lipinski definition) is 4. The van der Waals surface area contributed by atoms with Gasteiger partial charge in [0.25, 0.3) is 0 Å². The Morgan fingerprint density at radius 3 is 2.50 bits per heavy atom. The highest BCUT2D eigenvalue weighted by Gasteiger charge is 2.27. The van der Waals surface area contributed by atoms with Gasteiger partial charge in [-0.3, -0.25) is 0 Å². The Morgan fingerprint density at radius 2 is 2.00 bits per heavy atom. The van der Waals surface area contributed by atoms with Crippen LogP contribution in [0.3, 0.4) is 0 Å². The van der Waals surface area contributed by atoms with E-state index in [-0.39, 0.29) is 22.7 Å². The summed E-state index contributed by atoms with van der Waals surface area (Å²) >= 11 is 0. The van der Waals surface area contributed by atoms with Crippen LogP contribution >= 0.6 is 0 Å². The molecule has 3 N–H and O–H groups in total. The van der Waals surface area contributed by atoms with E-state index in [1.165, 1.54) is 22.5 Å².